The zero-order chi connectivity index (χ0) is 19.7. The molecule has 0 N–H and O–H groups in total. The molecule has 0 unspecified atom stereocenters. The number of nitrogens with zero attached hydrogens (tertiary/aromatic N) is 1. The Morgan fingerprint density at radius 1 is 1.07 bits per heavy atom. The van der Waals surface area contributed by atoms with Gasteiger partial charge in [0.2, 0.25) is 11.2 Å². The highest BCUT2D eigenvalue weighted by Gasteiger charge is 2.33. The van der Waals surface area contributed by atoms with Crippen molar-refractivity contribution in [2.45, 2.75) is 18.9 Å². The highest BCUT2D eigenvalue weighted by Crippen LogP contribution is 2.39. The summed E-state index contributed by atoms with van der Waals surface area (Å²) in [5, 5.41) is 2.07. The van der Waals surface area contributed by atoms with Crippen molar-refractivity contribution in [1.82, 2.24) is 4.90 Å². The Hall–Kier alpha value is -3.28. The highest BCUT2D eigenvalue weighted by atomic mass is 16.5. The van der Waals surface area contributed by atoms with Crippen molar-refractivity contribution in [2.75, 3.05) is 20.8 Å². The fourth-order valence-electron chi connectivity index (χ4n) is 3.90. The lowest BCUT2D eigenvalue weighted by Crippen LogP contribution is -2.31. The summed E-state index contributed by atoms with van der Waals surface area (Å²) in [4.78, 5) is 26.9. The van der Waals surface area contributed by atoms with Crippen LogP contribution >= 0.6 is 0 Å². The van der Waals surface area contributed by atoms with Gasteiger partial charge in [0, 0.05) is 18.0 Å². The largest absolute Gasteiger partial charge is 0.496 e. The highest BCUT2D eigenvalue weighted by molar-refractivity contribution is 5.94. The predicted molar refractivity (Wildman–Crippen MR) is 105 cm³/mol. The molecule has 0 aliphatic carbocycles. The normalized spacial score (nSPS) is 16.4. The van der Waals surface area contributed by atoms with Gasteiger partial charge >= 0.3 is 0 Å². The van der Waals surface area contributed by atoms with E-state index >= 15 is 0 Å². The summed E-state index contributed by atoms with van der Waals surface area (Å²) in [6.07, 6.45) is 2.92. The van der Waals surface area contributed by atoms with E-state index in [2.05, 4.69) is 0 Å². The van der Waals surface area contributed by atoms with Crippen LogP contribution in [0.15, 0.2) is 57.9 Å². The van der Waals surface area contributed by atoms with Gasteiger partial charge in [-0.15, -0.1) is 0 Å². The van der Waals surface area contributed by atoms with Crippen molar-refractivity contribution in [3.8, 4) is 11.5 Å². The van der Waals surface area contributed by atoms with E-state index in [4.69, 9.17) is 13.9 Å². The van der Waals surface area contributed by atoms with Crippen molar-refractivity contribution in [3.05, 3.63) is 70.3 Å². The molecule has 3 aromatic rings. The Bertz CT molecular complexity index is 1090. The number of hydrogen-bond acceptors (Lipinski definition) is 5. The zero-order valence-electron chi connectivity index (χ0n) is 15.8. The number of rotatable bonds is 4. The van der Waals surface area contributed by atoms with Gasteiger partial charge in [0.25, 0.3) is 5.91 Å². The summed E-state index contributed by atoms with van der Waals surface area (Å²) in [7, 11) is 3.04. The molecule has 1 amide bonds. The number of amides is 1. The summed E-state index contributed by atoms with van der Waals surface area (Å²) in [5.41, 5.74) is 0.695. The van der Waals surface area contributed by atoms with Gasteiger partial charge in [-0.3, -0.25) is 9.59 Å². The Balaban J connectivity index is 1.73. The maximum atomic E-state index is 13.1. The Morgan fingerprint density at radius 2 is 1.82 bits per heavy atom. The quantitative estimate of drug-likeness (QED) is 0.690. The number of likely N-dealkylation sites (tertiary alicyclic amines) is 1. The molecule has 0 bridgehead atoms. The maximum absolute atomic E-state index is 13.1. The van der Waals surface area contributed by atoms with Gasteiger partial charge in [0.1, 0.15) is 12.0 Å². The number of carbonyl (C=O) groups is 1. The molecule has 6 heteroatoms. The molecule has 1 aromatic heterocycles. The second-order valence-corrected chi connectivity index (χ2v) is 6.74. The van der Waals surface area contributed by atoms with Crippen LogP contribution in [-0.4, -0.2) is 31.6 Å². The molecule has 144 valence electrons. The number of ether oxygens (including phenoxy) is 2. The minimum atomic E-state index is -0.372. The fraction of sp³-hybridized carbons (Fsp3) is 0.273. The zero-order valence-corrected chi connectivity index (χ0v) is 15.8. The first-order valence-corrected chi connectivity index (χ1v) is 9.17. The summed E-state index contributed by atoms with van der Waals surface area (Å²) in [6.45, 7) is 0.611. The van der Waals surface area contributed by atoms with E-state index in [9.17, 15) is 9.59 Å². The minimum absolute atomic E-state index is 0.0236. The molecule has 0 spiro atoms. The Morgan fingerprint density at radius 3 is 2.54 bits per heavy atom. The van der Waals surface area contributed by atoms with Crippen molar-refractivity contribution >= 4 is 16.7 Å². The molecule has 6 nitrogen and oxygen atoms in total. The number of hydrogen-bond donors (Lipinski definition) is 0. The maximum Gasteiger partial charge on any atom is 0.290 e. The molecule has 28 heavy (non-hydrogen) atoms. The molecule has 0 radical (unpaired) electrons. The average molecular weight is 379 g/mol. The number of methoxy groups -OCH3 is 2. The van der Waals surface area contributed by atoms with Crippen LogP contribution in [0.5, 0.6) is 11.5 Å². The van der Waals surface area contributed by atoms with Crippen LogP contribution in [0.3, 0.4) is 0 Å². The van der Waals surface area contributed by atoms with Gasteiger partial charge in [0.05, 0.1) is 20.3 Å². The first kappa shape index (κ1) is 18.1. The number of fused-ring (bicyclic) bond motifs is 1. The summed E-state index contributed by atoms with van der Waals surface area (Å²) >= 11 is 0. The molecular formula is C22H21NO5. The van der Waals surface area contributed by atoms with E-state index < -0.39 is 0 Å². The topological polar surface area (TPSA) is 69.0 Å². The fourth-order valence-corrected chi connectivity index (χ4v) is 3.90. The van der Waals surface area contributed by atoms with Gasteiger partial charge in [-0.1, -0.05) is 30.3 Å². The van der Waals surface area contributed by atoms with E-state index in [0.29, 0.717) is 6.54 Å². The van der Waals surface area contributed by atoms with Crippen molar-refractivity contribution < 1.29 is 18.7 Å². The molecule has 2 heterocycles. The summed E-state index contributed by atoms with van der Waals surface area (Å²) in [5.74, 6) is 0.615. The number of carbonyl (C=O) groups excluding carboxylic acids is 1. The molecule has 1 atom stereocenters. The molecule has 0 saturated carbocycles. The van der Waals surface area contributed by atoms with E-state index in [-0.39, 0.29) is 28.9 Å². The lowest BCUT2D eigenvalue weighted by molar-refractivity contribution is 0.0700. The van der Waals surface area contributed by atoms with Crippen LogP contribution in [0.25, 0.3) is 10.8 Å². The molecule has 1 saturated heterocycles. The Labute approximate surface area is 162 Å². The first-order chi connectivity index (χ1) is 13.6. The monoisotopic (exact) mass is 379 g/mol. The van der Waals surface area contributed by atoms with E-state index in [0.717, 1.165) is 34.9 Å². The van der Waals surface area contributed by atoms with E-state index in [1.54, 1.807) is 12.0 Å². The van der Waals surface area contributed by atoms with Gasteiger partial charge in [-0.05, 0) is 29.9 Å². The van der Waals surface area contributed by atoms with E-state index in [1.165, 1.54) is 19.4 Å². The van der Waals surface area contributed by atoms with Gasteiger partial charge < -0.3 is 18.8 Å². The lowest BCUT2D eigenvalue weighted by atomic mass is 9.96. The van der Waals surface area contributed by atoms with Gasteiger partial charge in [-0.25, -0.2) is 0 Å². The smallest absolute Gasteiger partial charge is 0.290 e. The van der Waals surface area contributed by atoms with Gasteiger partial charge in [-0.2, -0.15) is 0 Å². The second-order valence-electron chi connectivity index (χ2n) is 6.74. The van der Waals surface area contributed by atoms with Crippen LogP contribution in [0.4, 0.5) is 0 Å². The molecule has 1 aliphatic heterocycles. The van der Waals surface area contributed by atoms with Crippen LogP contribution in [0, 0.1) is 0 Å². The average Bonchev–Trinajstić information content (AvgIpc) is 3.21. The molecule has 2 aromatic carbocycles. The van der Waals surface area contributed by atoms with Crippen LogP contribution in [0.1, 0.15) is 35.0 Å². The molecule has 1 fully saturated rings. The molecular weight excluding hydrogens is 358 g/mol. The molecule has 4 rings (SSSR count). The number of benzene rings is 2. The third-order valence-electron chi connectivity index (χ3n) is 5.24. The lowest BCUT2D eigenvalue weighted by Gasteiger charge is -2.26. The van der Waals surface area contributed by atoms with Crippen LogP contribution in [0.2, 0.25) is 0 Å². The minimum Gasteiger partial charge on any atom is -0.496 e. The summed E-state index contributed by atoms with van der Waals surface area (Å²) < 4.78 is 15.8. The van der Waals surface area contributed by atoms with Crippen LogP contribution < -0.4 is 14.9 Å². The van der Waals surface area contributed by atoms with Crippen molar-refractivity contribution in [3.63, 3.8) is 0 Å². The summed E-state index contributed by atoms with van der Waals surface area (Å²) in [6, 6.07) is 13.1. The van der Waals surface area contributed by atoms with Crippen molar-refractivity contribution in [1.29, 1.82) is 0 Å². The van der Waals surface area contributed by atoms with Crippen molar-refractivity contribution in [2.24, 2.45) is 0 Å². The third-order valence-corrected chi connectivity index (χ3v) is 5.24. The van der Waals surface area contributed by atoms with E-state index in [1.807, 2.05) is 36.4 Å². The standard InChI is InChI=1S/C22H21NO5/c1-26-19-10-9-15(14-6-3-4-7-16(14)19)17-8-5-11-23(17)22(25)20-12-18(24)21(27-2)13-28-20/h3-4,6-7,9-10,12-13,17H,5,8,11H2,1-2H3/t17-/m0/s1. The third kappa shape index (κ3) is 3.01. The first-order valence-electron chi connectivity index (χ1n) is 9.17. The second kappa shape index (κ2) is 7.38. The Kier molecular flexibility index (Phi) is 4.77. The molecule has 1 aliphatic rings. The van der Waals surface area contributed by atoms with Crippen LogP contribution in [-0.2, 0) is 0 Å². The van der Waals surface area contributed by atoms with Gasteiger partial charge in [0.15, 0.2) is 5.76 Å². The predicted octanol–water partition coefficient (Wildman–Crippen LogP) is 3.79. The SMILES string of the molecule is COc1coc(C(=O)N2CCC[C@H]2c2ccc(OC)c3ccccc23)cc1=O.